The van der Waals surface area contributed by atoms with Crippen LogP contribution in [0.4, 0.5) is 0 Å². The van der Waals surface area contributed by atoms with Crippen molar-refractivity contribution in [3.05, 3.63) is 54.4 Å². The molecule has 0 spiro atoms. The van der Waals surface area contributed by atoms with Gasteiger partial charge in [-0.3, -0.25) is 9.48 Å². The minimum Gasteiger partial charge on any atom is -0.292 e. The Hall–Kier alpha value is -1.90. The van der Waals surface area contributed by atoms with Crippen LogP contribution in [-0.2, 0) is 0 Å². The van der Waals surface area contributed by atoms with Gasteiger partial charge >= 0.3 is 0 Å². The number of Topliss-reactive ketones (excluding diaryl/α,β-unsaturated/α-hetero) is 1. The van der Waals surface area contributed by atoms with E-state index < -0.39 is 0 Å². The quantitative estimate of drug-likeness (QED) is 0.733. The molecular formula is C13H14N2O. The maximum Gasteiger partial charge on any atom is 0.187 e. The molecule has 0 N–H and O–H groups in total. The number of rotatable bonds is 4. The van der Waals surface area contributed by atoms with E-state index in [1.165, 1.54) is 0 Å². The summed E-state index contributed by atoms with van der Waals surface area (Å²) in [7, 11) is 0. The fourth-order valence-electron chi connectivity index (χ4n) is 1.75. The van der Waals surface area contributed by atoms with Gasteiger partial charge in [0.15, 0.2) is 5.78 Å². The van der Waals surface area contributed by atoms with Crippen LogP contribution in [0.5, 0.6) is 0 Å². The van der Waals surface area contributed by atoms with Gasteiger partial charge in [0.05, 0.1) is 0 Å². The Kier molecular flexibility index (Phi) is 3.15. The van der Waals surface area contributed by atoms with Crippen molar-refractivity contribution >= 4 is 5.78 Å². The number of benzene rings is 1. The highest BCUT2D eigenvalue weighted by atomic mass is 16.1. The van der Waals surface area contributed by atoms with E-state index in [1.807, 2.05) is 49.5 Å². The second-order valence-corrected chi connectivity index (χ2v) is 3.64. The molecule has 0 aliphatic rings. The van der Waals surface area contributed by atoms with Gasteiger partial charge in [-0.25, -0.2) is 0 Å². The van der Waals surface area contributed by atoms with E-state index in [9.17, 15) is 4.79 Å². The van der Waals surface area contributed by atoms with Crippen LogP contribution in [-0.4, -0.2) is 15.6 Å². The lowest BCUT2D eigenvalue weighted by Crippen LogP contribution is -2.19. The molecule has 1 heterocycles. The first-order valence-corrected chi connectivity index (χ1v) is 5.41. The van der Waals surface area contributed by atoms with Crippen molar-refractivity contribution in [2.45, 2.75) is 19.4 Å². The third-order valence-corrected chi connectivity index (χ3v) is 2.59. The van der Waals surface area contributed by atoms with Crippen LogP contribution in [0.2, 0.25) is 0 Å². The molecule has 0 amide bonds. The standard InChI is InChI=1S/C13H14N2O/c1-2-12(15-10-6-9-14-15)13(16)11-7-4-3-5-8-11/h3-10,12H,2H2,1H3. The molecule has 1 aromatic heterocycles. The van der Waals surface area contributed by atoms with Gasteiger partial charge in [0.2, 0.25) is 0 Å². The Balaban J connectivity index is 2.27. The molecule has 0 bridgehead atoms. The Morgan fingerprint density at radius 3 is 2.62 bits per heavy atom. The van der Waals surface area contributed by atoms with E-state index in [0.717, 1.165) is 12.0 Å². The maximum atomic E-state index is 12.2. The molecule has 0 aliphatic carbocycles. The molecule has 3 nitrogen and oxygen atoms in total. The third-order valence-electron chi connectivity index (χ3n) is 2.59. The molecule has 2 aromatic rings. The molecule has 0 saturated carbocycles. The van der Waals surface area contributed by atoms with E-state index in [-0.39, 0.29) is 11.8 Å². The number of hydrogen-bond acceptors (Lipinski definition) is 2. The lowest BCUT2D eigenvalue weighted by Gasteiger charge is -2.14. The molecule has 0 saturated heterocycles. The Bertz CT molecular complexity index is 448. The van der Waals surface area contributed by atoms with Crippen molar-refractivity contribution in [2.24, 2.45) is 0 Å². The van der Waals surface area contributed by atoms with Gasteiger partial charge in [0, 0.05) is 18.0 Å². The summed E-state index contributed by atoms with van der Waals surface area (Å²) in [4.78, 5) is 12.2. The molecule has 1 atom stereocenters. The highest BCUT2D eigenvalue weighted by Crippen LogP contribution is 2.16. The Morgan fingerprint density at radius 2 is 2.06 bits per heavy atom. The number of nitrogens with zero attached hydrogens (tertiary/aromatic N) is 2. The zero-order valence-corrected chi connectivity index (χ0v) is 9.21. The van der Waals surface area contributed by atoms with E-state index in [0.29, 0.717) is 0 Å². The van der Waals surface area contributed by atoms with Crippen LogP contribution in [0, 0.1) is 0 Å². The fourth-order valence-corrected chi connectivity index (χ4v) is 1.75. The largest absolute Gasteiger partial charge is 0.292 e. The molecule has 3 heteroatoms. The minimum absolute atomic E-state index is 0.117. The van der Waals surface area contributed by atoms with E-state index >= 15 is 0 Å². The average Bonchev–Trinajstić information content (AvgIpc) is 2.85. The second kappa shape index (κ2) is 4.75. The summed E-state index contributed by atoms with van der Waals surface area (Å²) in [6, 6.07) is 11.0. The second-order valence-electron chi connectivity index (χ2n) is 3.64. The first-order valence-electron chi connectivity index (χ1n) is 5.41. The predicted octanol–water partition coefficient (Wildman–Crippen LogP) is 2.72. The Labute approximate surface area is 94.7 Å². The highest BCUT2D eigenvalue weighted by molar-refractivity contribution is 5.98. The zero-order chi connectivity index (χ0) is 11.4. The van der Waals surface area contributed by atoms with Gasteiger partial charge in [-0.15, -0.1) is 0 Å². The van der Waals surface area contributed by atoms with Gasteiger partial charge in [-0.1, -0.05) is 37.3 Å². The van der Waals surface area contributed by atoms with Gasteiger partial charge in [0.25, 0.3) is 0 Å². The van der Waals surface area contributed by atoms with Crippen LogP contribution < -0.4 is 0 Å². The number of hydrogen-bond donors (Lipinski definition) is 0. The summed E-state index contributed by atoms with van der Waals surface area (Å²) >= 11 is 0. The van der Waals surface area contributed by atoms with Gasteiger partial charge in [0.1, 0.15) is 6.04 Å². The van der Waals surface area contributed by atoms with Gasteiger partial charge < -0.3 is 0 Å². The van der Waals surface area contributed by atoms with Crippen molar-refractivity contribution in [1.29, 1.82) is 0 Å². The van der Waals surface area contributed by atoms with E-state index in [2.05, 4.69) is 5.10 Å². The summed E-state index contributed by atoms with van der Waals surface area (Å²) < 4.78 is 1.72. The lowest BCUT2D eigenvalue weighted by atomic mass is 10.0. The number of carbonyl (C=O) groups is 1. The molecule has 82 valence electrons. The van der Waals surface area contributed by atoms with Crippen LogP contribution in [0.3, 0.4) is 0 Å². The van der Waals surface area contributed by atoms with E-state index in [1.54, 1.807) is 10.9 Å². The first-order chi connectivity index (χ1) is 7.83. The van der Waals surface area contributed by atoms with Crippen molar-refractivity contribution in [1.82, 2.24) is 9.78 Å². The van der Waals surface area contributed by atoms with Crippen LogP contribution in [0.25, 0.3) is 0 Å². The number of aromatic nitrogens is 2. The van der Waals surface area contributed by atoms with Crippen molar-refractivity contribution in [3.8, 4) is 0 Å². The van der Waals surface area contributed by atoms with Crippen molar-refractivity contribution in [3.63, 3.8) is 0 Å². The van der Waals surface area contributed by atoms with Gasteiger partial charge in [-0.2, -0.15) is 5.10 Å². The third kappa shape index (κ3) is 2.03. The molecular weight excluding hydrogens is 200 g/mol. The van der Waals surface area contributed by atoms with Crippen LogP contribution >= 0.6 is 0 Å². The SMILES string of the molecule is CCC(C(=O)c1ccccc1)n1cccn1. The smallest absolute Gasteiger partial charge is 0.187 e. The Morgan fingerprint density at radius 1 is 1.31 bits per heavy atom. The van der Waals surface area contributed by atoms with Crippen molar-refractivity contribution in [2.75, 3.05) is 0 Å². The normalized spacial score (nSPS) is 12.3. The summed E-state index contributed by atoms with van der Waals surface area (Å²) in [5.41, 5.74) is 0.741. The first kappa shape index (κ1) is 10.6. The molecule has 0 aliphatic heterocycles. The minimum atomic E-state index is -0.197. The van der Waals surface area contributed by atoms with Gasteiger partial charge in [-0.05, 0) is 12.5 Å². The molecule has 0 fully saturated rings. The maximum absolute atomic E-state index is 12.2. The van der Waals surface area contributed by atoms with E-state index in [4.69, 9.17) is 0 Å². The molecule has 2 rings (SSSR count). The molecule has 1 aromatic carbocycles. The zero-order valence-electron chi connectivity index (χ0n) is 9.21. The van der Waals surface area contributed by atoms with Crippen LogP contribution in [0.1, 0.15) is 29.7 Å². The van der Waals surface area contributed by atoms with Crippen molar-refractivity contribution < 1.29 is 4.79 Å². The highest BCUT2D eigenvalue weighted by Gasteiger charge is 2.19. The fraction of sp³-hybridized carbons (Fsp3) is 0.231. The predicted molar refractivity (Wildman–Crippen MR) is 62.3 cm³/mol. The van der Waals surface area contributed by atoms with Crippen LogP contribution in [0.15, 0.2) is 48.8 Å². The lowest BCUT2D eigenvalue weighted by molar-refractivity contribution is 0.0914. The molecule has 16 heavy (non-hydrogen) atoms. The summed E-state index contributed by atoms with van der Waals surface area (Å²) in [6.45, 7) is 1.99. The topological polar surface area (TPSA) is 34.9 Å². The summed E-state index contributed by atoms with van der Waals surface area (Å²) in [5, 5.41) is 4.13. The summed E-state index contributed by atoms with van der Waals surface area (Å²) in [6.07, 6.45) is 4.27. The number of carbonyl (C=O) groups excluding carboxylic acids is 1. The molecule has 0 radical (unpaired) electrons. The molecule has 1 unspecified atom stereocenters. The average molecular weight is 214 g/mol. The monoisotopic (exact) mass is 214 g/mol. The number of ketones is 1. The summed E-state index contributed by atoms with van der Waals surface area (Å²) in [5.74, 6) is 0.117.